The maximum absolute atomic E-state index is 5.19. The van der Waals surface area contributed by atoms with Gasteiger partial charge >= 0.3 is 0 Å². The molecule has 1 aliphatic carbocycles. The van der Waals surface area contributed by atoms with Crippen LogP contribution in [0, 0.1) is 0 Å². The third-order valence-electron chi connectivity index (χ3n) is 4.33. The Morgan fingerprint density at radius 1 is 1.10 bits per heavy atom. The number of nitrogens with one attached hydrogen (secondary N) is 1. The summed E-state index contributed by atoms with van der Waals surface area (Å²) in [4.78, 5) is 0. The fourth-order valence-corrected chi connectivity index (χ4v) is 3.15. The Labute approximate surface area is 127 Å². The van der Waals surface area contributed by atoms with Crippen molar-refractivity contribution >= 4 is 0 Å². The Hall–Kier alpha value is -1.80. The van der Waals surface area contributed by atoms with Gasteiger partial charge in [0.15, 0.2) is 0 Å². The van der Waals surface area contributed by atoms with Crippen molar-refractivity contribution in [3.05, 3.63) is 65.2 Å². The van der Waals surface area contributed by atoms with E-state index < -0.39 is 0 Å². The molecule has 0 heterocycles. The summed E-state index contributed by atoms with van der Waals surface area (Å²) in [5.74, 6) is 0.924. The maximum Gasteiger partial charge on any atom is 0.118 e. The number of methoxy groups -OCH3 is 1. The normalized spacial score (nSPS) is 17.3. The molecule has 2 heteroatoms. The van der Waals surface area contributed by atoms with Crippen LogP contribution in [0.25, 0.3) is 0 Å². The SMILES string of the molecule is COc1ccc(CCNC2CCCc3ccccc32)cc1. The first-order valence-corrected chi connectivity index (χ1v) is 7.81. The molecule has 0 aliphatic heterocycles. The number of aryl methyl sites for hydroxylation is 1. The predicted octanol–water partition coefficient (Wildman–Crippen LogP) is 3.90. The standard InChI is InChI=1S/C19H23NO/c1-21-17-11-9-15(10-12-17)13-14-20-19-8-4-6-16-5-2-3-7-18(16)19/h2-3,5,7,9-12,19-20H,4,6,8,13-14H2,1H3. The van der Waals surface area contributed by atoms with Crippen LogP contribution in [-0.2, 0) is 12.8 Å². The molecule has 1 N–H and O–H groups in total. The van der Waals surface area contributed by atoms with Crippen molar-refractivity contribution < 1.29 is 4.74 Å². The number of benzene rings is 2. The van der Waals surface area contributed by atoms with E-state index in [0.29, 0.717) is 6.04 Å². The summed E-state index contributed by atoms with van der Waals surface area (Å²) in [6.45, 7) is 1.02. The minimum absolute atomic E-state index is 0.521. The van der Waals surface area contributed by atoms with E-state index in [9.17, 15) is 0 Å². The van der Waals surface area contributed by atoms with Crippen LogP contribution in [-0.4, -0.2) is 13.7 Å². The Bertz CT molecular complexity index is 576. The lowest BCUT2D eigenvalue weighted by atomic mass is 9.87. The van der Waals surface area contributed by atoms with E-state index in [1.54, 1.807) is 7.11 Å². The molecular formula is C19H23NO. The molecule has 1 unspecified atom stereocenters. The Balaban J connectivity index is 1.56. The van der Waals surface area contributed by atoms with Gasteiger partial charge < -0.3 is 10.1 Å². The van der Waals surface area contributed by atoms with Crippen LogP contribution in [0.15, 0.2) is 48.5 Å². The average molecular weight is 281 g/mol. The van der Waals surface area contributed by atoms with Gasteiger partial charge in [0.1, 0.15) is 5.75 Å². The Kier molecular flexibility index (Phi) is 4.56. The van der Waals surface area contributed by atoms with E-state index in [4.69, 9.17) is 4.74 Å². The molecule has 1 aliphatic rings. The number of hydrogen-bond acceptors (Lipinski definition) is 2. The maximum atomic E-state index is 5.19. The molecule has 0 amide bonds. The zero-order valence-corrected chi connectivity index (χ0v) is 12.6. The first-order valence-electron chi connectivity index (χ1n) is 7.81. The van der Waals surface area contributed by atoms with E-state index >= 15 is 0 Å². The molecule has 0 radical (unpaired) electrons. The van der Waals surface area contributed by atoms with Crippen molar-refractivity contribution in [2.75, 3.05) is 13.7 Å². The third-order valence-corrected chi connectivity index (χ3v) is 4.33. The van der Waals surface area contributed by atoms with E-state index in [1.165, 1.54) is 36.0 Å². The number of fused-ring (bicyclic) bond motifs is 1. The summed E-state index contributed by atoms with van der Waals surface area (Å²) in [7, 11) is 1.71. The monoisotopic (exact) mass is 281 g/mol. The zero-order chi connectivity index (χ0) is 14.5. The molecule has 0 spiro atoms. The van der Waals surface area contributed by atoms with Crippen molar-refractivity contribution in [1.82, 2.24) is 5.32 Å². The molecule has 2 nitrogen and oxygen atoms in total. The van der Waals surface area contributed by atoms with E-state index in [0.717, 1.165) is 18.7 Å². The van der Waals surface area contributed by atoms with Crippen LogP contribution >= 0.6 is 0 Å². The third kappa shape index (κ3) is 3.45. The van der Waals surface area contributed by atoms with Gasteiger partial charge in [-0.1, -0.05) is 36.4 Å². The van der Waals surface area contributed by atoms with Gasteiger partial charge in [0.2, 0.25) is 0 Å². The van der Waals surface area contributed by atoms with Crippen LogP contribution in [0.1, 0.15) is 35.6 Å². The van der Waals surface area contributed by atoms with Gasteiger partial charge in [-0.2, -0.15) is 0 Å². The van der Waals surface area contributed by atoms with Gasteiger partial charge in [-0.25, -0.2) is 0 Å². The molecule has 110 valence electrons. The second-order valence-electron chi connectivity index (χ2n) is 5.70. The van der Waals surface area contributed by atoms with Gasteiger partial charge in [-0.3, -0.25) is 0 Å². The van der Waals surface area contributed by atoms with Gasteiger partial charge in [-0.15, -0.1) is 0 Å². The first kappa shape index (κ1) is 14.2. The molecule has 0 bridgehead atoms. The predicted molar refractivity (Wildman–Crippen MR) is 86.8 cm³/mol. The lowest BCUT2D eigenvalue weighted by molar-refractivity contribution is 0.414. The van der Waals surface area contributed by atoms with Gasteiger partial charge in [-0.05, 0) is 61.1 Å². The largest absolute Gasteiger partial charge is 0.497 e. The summed E-state index contributed by atoms with van der Waals surface area (Å²) in [6.07, 6.45) is 4.83. The summed E-state index contributed by atoms with van der Waals surface area (Å²) in [5.41, 5.74) is 4.37. The van der Waals surface area contributed by atoms with Crippen molar-refractivity contribution in [3.8, 4) is 5.75 Å². The molecule has 1 atom stereocenters. The first-order chi connectivity index (χ1) is 10.4. The van der Waals surface area contributed by atoms with E-state index in [1.807, 2.05) is 12.1 Å². The second-order valence-corrected chi connectivity index (χ2v) is 5.70. The molecule has 3 rings (SSSR count). The van der Waals surface area contributed by atoms with Crippen LogP contribution in [0.2, 0.25) is 0 Å². The smallest absolute Gasteiger partial charge is 0.118 e. The highest BCUT2D eigenvalue weighted by Gasteiger charge is 2.18. The van der Waals surface area contributed by atoms with Gasteiger partial charge in [0.25, 0.3) is 0 Å². The van der Waals surface area contributed by atoms with Crippen molar-refractivity contribution in [2.45, 2.75) is 31.7 Å². The number of ether oxygens (including phenoxy) is 1. The summed E-state index contributed by atoms with van der Waals surface area (Å²) >= 11 is 0. The Morgan fingerprint density at radius 2 is 1.90 bits per heavy atom. The average Bonchev–Trinajstić information content (AvgIpc) is 2.56. The molecule has 0 saturated heterocycles. The van der Waals surface area contributed by atoms with Gasteiger partial charge in [0, 0.05) is 6.04 Å². The fraction of sp³-hybridized carbons (Fsp3) is 0.368. The second kappa shape index (κ2) is 6.77. The van der Waals surface area contributed by atoms with Gasteiger partial charge in [0.05, 0.1) is 7.11 Å². The minimum Gasteiger partial charge on any atom is -0.497 e. The lowest BCUT2D eigenvalue weighted by Crippen LogP contribution is -2.27. The van der Waals surface area contributed by atoms with Crippen LogP contribution in [0.4, 0.5) is 0 Å². The summed E-state index contributed by atoms with van der Waals surface area (Å²) < 4.78 is 5.19. The number of rotatable bonds is 5. The molecule has 0 aromatic heterocycles. The molecule has 2 aromatic rings. The van der Waals surface area contributed by atoms with Crippen molar-refractivity contribution in [3.63, 3.8) is 0 Å². The fourth-order valence-electron chi connectivity index (χ4n) is 3.15. The van der Waals surface area contributed by atoms with Crippen molar-refractivity contribution in [2.24, 2.45) is 0 Å². The van der Waals surface area contributed by atoms with Crippen LogP contribution < -0.4 is 10.1 Å². The van der Waals surface area contributed by atoms with E-state index in [2.05, 4.69) is 41.7 Å². The molecule has 21 heavy (non-hydrogen) atoms. The van der Waals surface area contributed by atoms with E-state index in [-0.39, 0.29) is 0 Å². The lowest BCUT2D eigenvalue weighted by Gasteiger charge is -2.26. The van der Waals surface area contributed by atoms with Crippen molar-refractivity contribution in [1.29, 1.82) is 0 Å². The molecule has 2 aromatic carbocycles. The number of hydrogen-bond donors (Lipinski definition) is 1. The Morgan fingerprint density at radius 3 is 2.71 bits per heavy atom. The zero-order valence-electron chi connectivity index (χ0n) is 12.6. The van der Waals surface area contributed by atoms with Crippen LogP contribution in [0.3, 0.4) is 0 Å². The molecule has 0 saturated carbocycles. The van der Waals surface area contributed by atoms with Crippen LogP contribution in [0.5, 0.6) is 5.75 Å². The highest BCUT2D eigenvalue weighted by Crippen LogP contribution is 2.29. The summed E-state index contributed by atoms with van der Waals surface area (Å²) in [6, 6.07) is 17.7. The summed E-state index contributed by atoms with van der Waals surface area (Å²) in [5, 5.41) is 3.72. The highest BCUT2D eigenvalue weighted by atomic mass is 16.5. The quantitative estimate of drug-likeness (QED) is 0.897. The molecule has 0 fully saturated rings. The minimum atomic E-state index is 0.521. The topological polar surface area (TPSA) is 21.3 Å². The molecular weight excluding hydrogens is 258 g/mol. The highest BCUT2D eigenvalue weighted by molar-refractivity contribution is 5.32.